The standard InChI is InChI=1S/C16H16BrFO3/c1-2-20-15-5-3-4-12(9-19)16(15)21-10-11-6-13(17)8-14(18)7-11/h3-8,19H,2,9-10H2,1H3. The molecule has 0 aromatic heterocycles. The fourth-order valence-corrected chi connectivity index (χ4v) is 2.48. The van der Waals surface area contributed by atoms with Crippen LogP contribution in [-0.2, 0) is 13.2 Å². The molecule has 0 aliphatic carbocycles. The Kier molecular flexibility index (Phi) is 5.59. The monoisotopic (exact) mass is 354 g/mol. The van der Waals surface area contributed by atoms with Gasteiger partial charge in [0.15, 0.2) is 11.5 Å². The quantitative estimate of drug-likeness (QED) is 0.850. The highest BCUT2D eigenvalue weighted by atomic mass is 79.9. The van der Waals surface area contributed by atoms with E-state index >= 15 is 0 Å². The minimum Gasteiger partial charge on any atom is -0.490 e. The summed E-state index contributed by atoms with van der Waals surface area (Å²) >= 11 is 3.25. The number of para-hydroxylation sites is 1. The third-order valence-electron chi connectivity index (χ3n) is 2.84. The minimum absolute atomic E-state index is 0.150. The smallest absolute Gasteiger partial charge is 0.167 e. The first kappa shape index (κ1) is 15.8. The van der Waals surface area contributed by atoms with Crippen molar-refractivity contribution in [3.05, 3.63) is 57.8 Å². The van der Waals surface area contributed by atoms with Gasteiger partial charge in [0.2, 0.25) is 0 Å². The molecular weight excluding hydrogens is 339 g/mol. The Balaban J connectivity index is 2.22. The van der Waals surface area contributed by atoms with Gasteiger partial charge in [-0.2, -0.15) is 0 Å². The number of hydrogen-bond donors (Lipinski definition) is 1. The largest absolute Gasteiger partial charge is 0.490 e. The van der Waals surface area contributed by atoms with Gasteiger partial charge in [-0.25, -0.2) is 4.39 Å². The summed E-state index contributed by atoms with van der Waals surface area (Å²) in [6.07, 6.45) is 0. The third-order valence-corrected chi connectivity index (χ3v) is 3.29. The van der Waals surface area contributed by atoms with E-state index in [4.69, 9.17) is 9.47 Å². The second kappa shape index (κ2) is 7.43. The van der Waals surface area contributed by atoms with Crippen molar-refractivity contribution in [1.82, 2.24) is 0 Å². The Morgan fingerprint density at radius 1 is 1.19 bits per heavy atom. The predicted octanol–water partition coefficient (Wildman–Crippen LogP) is 4.06. The van der Waals surface area contributed by atoms with Gasteiger partial charge in [0, 0.05) is 10.0 Å². The lowest BCUT2D eigenvalue weighted by Gasteiger charge is -2.15. The number of ether oxygens (including phenoxy) is 2. The first-order valence-electron chi connectivity index (χ1n) is 6.57. The zero-order valence-electron chi connectivity index (χ0n) is 11.6. The molecule has 0 aliphatic rings. The van der Waals surface area contributed by atoms with Crippen LogP contribution in [0.2, 0.25) is 0 Å². The molecular formula is C16H16BrFO3. The summed E-state index contributed by atoms with van der Waals surface area (Å²) < 4.78 is 25.2. The van der Waals surface area contributed by atoms with Gasteiger partial charge >= 0.3 is 0 Å². The Morgan fingerprint density at radius 3 is 2.67 bits per heavy atom. The molecule has 0 unspecified atom stereocenters. The molecule has 0 bridgehead atoms. The van der Waals surface area contributed by atoms with Gasteiger partial charge < -0.3 is 14.6 Å². The number of rotatable bonds is 6. The summed E-state index contributed by atoms with van der Waals surface area (Å²) in [6, 6.07) is 9.91. The van der Waals surface area contributed by atoms with Crippen molar-refractivity contribution in [1.29, 1.82) is 0 Å². The van der Waals surface area contributed by atoms with E-state index in [1.54, 1.807) is 24.3 Å². The number of aliphatic hydroxyl groups excluding tert-OH is 1. The van der Waals surface area contributed by atoms with E-state index in [2.05, 4.69) is 15.9 Å². The second-order valence-corrected chi connectivity index (χ2v) is 5.32. The summed E-state index contributed by atoms with van der Waals surface area (Å²) in [5.74, 6) is 0.727. The Hall–Kier alpha value is -1.59. The Bertz CT molecular complexity index is 596. The highest BCUT2D eigenvalue weighted by Gasteiger charge is 2.11. The lowest BCUT2D eigenvalue weighted by Crippen LogP contribution is -2.03. The van der Waals surface area contributed by atoms with E-state index in [1.807, 2.05) is 6.92 Å². The van der Waals surface area contributed by atoms with E-state index in [0.29, 0.717) is 33.7 Å². The van der Waals surface area contributed by atoms with Crippen LogP contribution in [0.15, 0.2) is 40.9 Å². The molecule has 2 aromatic rings. The maximum atomic E-state index is 13.3. The van der Waals surface area contributed by atoms with Crippen molar-refractivity contribution in [3.8, 4) is 11.5 Å². The number of halogens is 2. The normalized spacial score (nSPS) is 10.5. The SMILES string of the molecule is CCOc1cccc(CO)c1OCc1cc(F)cc(Br)c1. The van der Waals surface area contributed by atoms with E-state index in [0.717, 1.165) is 0 Å². The maximum Gasteiger partial charge on any atom is 0.167 e. The van der Waals surface area contributed by atoms with Crippen molar-refractivity contribution in [2.75, 3.05) is 6.61 Å². The third kappa shape index (κ3) is 4.19. The zero-order chi connectivity index (χ0) is 15.2. The van der Waals surface area contributed by atoms with Gasteiger partial charge in [-0.1, -0.05) is 28.1 Å². The summed E-state index contributed by atoms with van der Waals surface area (Å²) in [5, 5.41) is 9.39. The average Bonchev–Trinajstić information content (AvgIpc) is 2.45. The number of aliphatic hydroxyl groups is 1. The molecule has 112 valence electrons. The van der Waals surface area contributed by atoms with Gasteiger partial charge in [0.1, 0.15) is 12.4 Å². The topological polar surface area (TPSA) is 38.7 Å². The van der Waals surface area contributed by atoms with Gasteiger partial charge in [-0.05, 0) is 36.8 Å². The molecule has 1 N–H and O–H groups in total. The first-order chi connectivity index (χ1) is 10.1. The van der Waals surface area contributed by atoms with Gasteiger partial charge in [-0.15, -0.1) is 0 Å². The Morgan fingerprint density at radius 2 is 2.00 bits per heavy atom. The highest BCUT2D eigenvalue weighted by molar-refractivity contribution is 9.10. The van der Waals surface area contributed by atoms with E-state index in [-0.39, 0.29) is 19.0 Å². The van der Waals surface area contributed by atoms with Crippen LogP contribution in [0.1, 0.15) is 18.1 Å². The molecule has 5 heteroatoms. The number of hydrogen-bond acceptors (Lipinski definition) is 3. The molecule has 0 saturated heterocycles. The molecule has 0 aliphatic heterocycles. The van der Waals surface area contributed by atoms with Crippen molar-refractivity contribution >= 4 is 15.9 Å². The summed E-state index contributed by atoms with van der Waals surface area (Å²) in [6.45, 7) is 2.41. The number of benzene rings is 2. The van der Waals surface area contributed by atoms with Crippen molar-refractivity contribution in [3.63, 3.8) is 0 Å². The summed E-state index contributed by atoms with van der Waals surface area (Å²) in [7, 11) is 0. The predicted molar refractivity (Wildman–Crippen MR) is 82.0 cm³/mol. The van der Waals surface area contributed by atoms with Crippen LogP contribution in [0.4, 0.5) is 4.39 Å². The van der Waals surface area contributed by atoms with Gasteiger partial charge in [-0.3, -0.25) is 0 Å². The lowest BCUT2D eigenvalue weighted by molar-refractivity contribution is 0.243. The van der Waals surface area contributed by atoms with Crippen molar-refractivity contribution in [2.45, 2.75) is 20.1 Å². The van der Waals surface area contributed by atoms with Crippen LogP contribution in [0.5, 0.6) is 11.5 Å². The average molecular weight is 355 g/mol. The fraction of sp³-hybridized carbons (Fsp3) is 0.250. The molecule has 0 fully saturated rings. The van der Waals surface area contributed by atoms with Crippen LogP contribution < -0.4 is 9.47 Å². The summed E-state index contributed by atoms with van der Waals surface area (Å²) in [4.78, 5) is 0. The van der Waals surface area contributed by atoms with Gasteiger partial charge in [0.05, 0.1) is 13.2 Å². The molecule has 3 nitrogen and oxygen atoms in total. The second-order valence-electron chi connectivity index (χ2n) is 4.40. The molecule has 0 spiro atoms. The van der Waals surface area contributed by atoms with Crippen LogP contribution in [0.3, 0.4) is 0 Å². The maximum absolute atomic E-state index is 13.3. The lowest BCUT2D eigenvalue weighted by atomic mass is 10.2. The molecule has 21 heavy (non-hydrogen) atoms. The molecule has 2 rings (SSSR count). The molecule has 0 amide bonds. The summed E-state index contributed by atoms with van der Waals surface area (Å²) in [5.41, 5.74) is 1.33. The highest BCUT2D eigenvalue weighted by Crippen LogP contribution is 2.32. The molecule has 2 aromatic carbocycles. The zero-order valence-corrected chi connectivity index (χ0v) is 13.2. The van der Waals surface area contributed by atoms with Crippen molar-refractivity contribution in [2.24, 2.45) is 0 Å². The van der Waals surface area contributed by atoms with Gasteiger partial charge in [0.25, 0.3) is 0 Å². The van der Waals surface area contributed by atoms with Crippen LogP contribution in [-0.4, -0.2) is 11.7 Å². The van der Waals surface area contributed by atoms with E-state index in [9.17, 15) is 9.50 Å². The van der Waals surface area contributed by atoms with E-state index < -0.39 is 0 Å². The molecule has 0 saturated carbocycles. The van der Waals surface area contributed by atoms with Crippen molar-refractivity contribution < 1.29 is 19.0 Å². The first-order valence-corrected chi connectivity index (χ1v) is 7.36. The Labute approximate surface area is 131 Å². The van der Waals surface area contributed by atoms with Crippen LogP contribution >= 0.6 is 15.9 Å². The fourth-order valence-electron chi connectivity index (χ4n) is 1.97. The van der Waals surface area contributed by atoms with Crippen LogP contribution in [0, 0.1) is 5.82 Å². The molecule has 0 atom stereocenters. The minimum atomic E-state index is -0.330. The van der Waals surface area contributed by atoms with E-state index in [1.165, 1.54) is 12.1 Å². The molecule has 0 heterocycles. The van der Waals surface area contributed by atoms with Crippen LogP contribution in [0.25, 0.3) is 0 Å². The molecule has 0 radical (unpaired) electrons.